The van der Waals surface area contributed by atoms with Gasteiger partial charge in [0.05, 0.1) is 16.5 Å². The van der Waals surface area contributed by atoms with E-state index in [0.29, 0.717) is 6.42 Å². The molecule has 0 aliphatic heterocycles. The van der Waals surface area contributed by atoms with Gasteiger partial charge >= 0.3 is 0 Å². The minimum atomic E-state index is -0.904. The van der Waals surface area contributed by atoms with Crippen molar-refractivity contribution in [2.24, 2.45) is 11.7 Å². The van der Waals surface area contributed by atoms with Crippen LogP contribution in [0.1, 0.15) is 27.2 Å². The fraction of sp³-hybridized carbons (Fsp3) is 0.800. The third-order valence-corrected chi connectivity index (χ3v) is 2.33. The Morgan fingerprint density at radius 3 is 2.33 bits per heavy atom. The molecule has 0 spiro atoms. The lowest BCUT2D eigenvalue weighted by molar-refractivity contribution is -0.134. The van der Waals surface area contributed by atoms with E-state index in [9.17, 15) is 9.90 Å². The molecule has 0 aliphatic carbocycles. The summed E-state index contributed by atoms with van der Waals surface area (Å²) in [6.07, 6.45) is 0.588. The predicted molar refractivity (Wildman–Crippen MR) is 64.5 cm³/mol. The molecule has 1 unspecified atom stereocenters. The minimum Gasteiger partial charge on any atom is -0.393 e. The summed E-state index contributed by atoms with van der Waals surface area (Å²) in [5.41, 5.74) is 4.57. The number of carbonyl (C=O) groups excluding carboxylic acids is 1. The molecule has 3 N–H and O–H groups in total. The molecule has 88 valence electrons. The molecule has 0 rings (SSSR count). The molecule has 0 aromatic carbocycles. The summed E-state index contributed by atoms with van der Waals surface area (Å²) in [5.74, 6) is -0.556. The van der Waals surface area contributed by atoms with Crippen LogP contribution in [0.2, 0.25) is 0 Å². The van der Waals surface area contributed by atoms with Crippen molar-refractivity contribution < 1.29 is 9.90 Å². The second-order valence-electron chi connectivity index (χ2n) is 4.37. The molecular weight excluding hydrogens is 212 g/mol. The third-order valence-electron chi connectivity index (χ3n) is 2.05. The fourth-order valence-electron chi connectivity index (χ4n) is 1.42. The standard InChI is InChI=1S/C10H20N2O2S/c1-5-7(8(11)15)9(13)12(4)6-10(2,3)14/h7,14H,5-6H2,1-4H3,(H2,11,15). The molecule has 0 aromatic heterocycles. The molecule has 0 fully saturated rings. The zero-order valence-electron chi connectivity index (χ0n) is 9.78. The highest BCUT2D eigenvalue weighted by Gasteiger charge is 2.26. The lowest BCUT2D eigenvalue weighted by Crippen LogP contribution is -2.45. The van der Waals surface area contributed by atoms with E-state index >= 15 is 0 Å². The van der Waals surface area contributed by atoms with Crippen LogP contribution in [0.3, 0.4) is 0 Å². The normalized spacial score (nSPS) is 13.4. The highest BCUT2D eigenvalue weighted by atomic mass is 32.1. The van der Waals surface area contributed by atoms with Gasteiger partial charge < -0.3 is 15.7 Å². The van der Waals surface area contributed by atoms with Gasteiger partial charge in [-0.1, -0.05) is 19.1 Å². The number of hydrogen-bond acceptors (Lipinski definition) is 3. The van der Waals surface area contributed by atoms with E-state index in [-0.39, 0.29) is 17.4 Å². The topological polar surface area (TPSA) is 66.6 Å². The zero-order valence-corrected chi connectivity index (χ0v) is 10.6. The summed E-state index contributed by atoms with van der Waals surface area (Å²) in [7, 11) is 1.64. The van der Waals surface area contributed by atoms with E-state index in [2.05, 4.69) is 0 Å². The summed E-state index contributed by atoms with van der Waals surface area (Å²) < 4.78 is 0. The minimum absolute atomic E-state index is 0.132. The van der Waals surface area contributed by atoms with Gasteiger partial charge in [0, 0.05) is 13.6 Å². The van der Waals surface area contributed by atoms with Crippen LogP contribution >= 0.6 is 12.2 Å². The summed E-state index contributed by atoms with van der Waals surface area (Å²) in [5, 5.41) is 9.57. The molecular formula is C10H20N2O2S. The third kappa shape index (κ3) is 5.09. The lowest BCUT2D eigenvalue weighted by atomic mass is 10.0. The smallest absolute Gasteiger partial charge is 0.232 e. The highest BCUT2D eigenvalue weighted by molar-refractivity contribution is 7.80. The molecule has 0 aliphatic rings. The van der Waals surface area contributed by atoms with E-state index < -0.39 is 11.5 Å². The van der Waals surface area contributed by atoms with Gasteiger partial charge in [0.25, 0.3) is 0 Å². The number of rotatable bonds is 5. The fourth-order valence-corrected chi connectivity index (χ4v) is 1.69. The quantitative estimate of drug-likeness (QED) is 0.679. The average molecular weight is 232 g/mol. The van der Waals surface area contributed by atoms with Crippen LogP contribution in [0, 0.1) is 5.92 Å². The van der Waals surface area contributed by atoms with E-state index in [0.717, 1.165) is 0 Å². The molecule has 5 heteroatoms. The SMILES string of the molecule is CCC(C(=O)N(C)CC(C)(C)O)C(N)=S. The number of hydrogen-bond donors (Lipinski definition) is 2. The van der Waals surface area contributed by atoms with Crippen LogP contribution in [-0.2, 0) is 4.79 Å². The van der Waals surface area contributed by atoms with Crippen molar-refractivity contribution in [1.82, 2.24) is 4.90 Å². The van der Waals surface area contributed by atoms with Crippen LogP contribution < -0.4 is 5.73 Å². The first kappa shape index (κ1) is 14.3. The predicted octanol–water partition coefficient (Wildman–Crippen LogP) is 0.528. The average Bonchev–Trinajstić information content (AvgIpc) is 2.01. The Labute approximate surface area is 96.4 Å². The number of nitrogens with two attached hydrogens (primary N) is 1. The zero-order chi connectivity index (χ0) is 12.2. The van der Waals surface area contributed by atoms with Crippen molar-refractivity contribution >= 4 is 23.1 Å². The summed E-state index contributed by atoms with van der Waals surface area (Å²) in [6, 6.07) is 0. The van der Waals surface area contributed by atoms with E-state index in [1.807, 2.05) is 6.92 Å². The molecule has 15 heavy (non-hydrogen) atoms. The van der Waals surface area contributed by atoms with E-state index in [1.54, 1.807) is 20.9 Å². The van der Waals surface area contributed by atoms with Gasteiger partial charge in [-0.05, 0) is 20.3 Å². The van der Waals surface area contributed by atoms with Gasteiger partial charge in [0.1, 0.15) is 0 Å². The van der Waals surface area contributed by atoms with Gasteiger partial charge in [0.2, 0.25) is 5.91 Å². The summed E-state index contributed by atoms with van der Waals surface area (Å²) in [6.45, 7) is 5.43. The molecule has 0 saturated carbocycles. The summed E-state index contributed by atoms with van der Waals surface area (Å²) in [4.78, 5) is 13.5. The van der Waals surface area contributed by atoms with Crippen molar-refractivity contribution in [3.05, 3.63) is 0 Å². The Hall–Kier alpha value is -0.680. The van der Waals surface area contributed by atoms with Crippen LogP contribution in [0.25, 0.3) is 0 Å². The molecule has 4 nitrogen and oxygen atoms in total. The second-order valence-corrected chi connectivity index (χ2v) is 4.84. The molecule has 0 bridgehead atoms. The highest BCUT2D eigenvalue weighted by Crippen LogP contribution is 2.10. The number of nitrogens with zero attached hydrogens (tertiary/aromatic N) is 1. The molecule has 1 atom stereocenters. The maximum atomic E-state index is 11.8. The van der Waals surface area contributed by atoms with Crippen molar-refractivity contribution in [3.63, 3.8) is 0 Å². The molecule has 0 heterocycles. The second kappa shape index (κ2) is 5.42. The van der Waals surface area contributed by atoms with Crippen molar-refractivity contribution in [3.8, 4) is 0 Å². The van der Waals surface area contributed by atoms with Crippen molar-refractivity contribution in [2.75, 3.05) is 13.6 Å². The van der Waals surface area contributed by atoms with Gasteiger partial charge in [-0.15, -0.1) is 0 Å². The number of amides is 1. The number of likely N-dealkylation sites (N-methyl/N-ethyl adjacent to an activating group) is 1. The van der Waals surface area contributed by atoms with Crippen LogP contribution in [-0.4, -0.2) is 40.1 Å². The van der Waals surface area contributed by atoms with E-state index in [1.165, 1.54) is 4.90 Å². The molecule has 0 aromatic rings. The maximum absolute atomic E-state index is 11.8. The lowest BCUT2D eigenvalue weighted by Gasteiger charge is -2.28. The van der Waals surface area contributed by atoms with Gasteiger partial charge in [-0.3, -0.25) is 4.79 Å². The van der Waals surface area contributed by atoms with Crippen molar-refractivity contribution in [2.45, 2.75) is 32.8 Å². The van der Waals surface area contributed by atoms with Gasteiger partial charge in [-0.25, -0.2) is 0 Å². The van der Waals surface area contributed by atoms with Gasteiger partial charge in [-0.2, -0.15) is 0 Å². The first-order valence-corrected chi connectivity index (χ1v) is 5.36. The monoisotopic (exact) mass is 232 g/mol. The Morgan fingerprint density at radius 1 is 1.60 bits per heavy atom. The first-order valence-electron chi connectivity index (χ1n) is 4.95. The first-order chi connectivity index (χ1) is 6.69. The molecule has 0 radical (unpaired) electrons. The Kier molecular flexibility index (Phi) is 5.17. The summed E-state index contributed by atoms with van der Waals surface area (Å²) >= 11 is 4.82. The maximum Gasteiger partial charge on any atom is 0.232 e. The van der Waals surface area contributed by atoms with Crippen LogP contribution in [0.4, 0.5) is 0 Å². The van der Waals surface area contributed by atoms with Crippen molar-refractivity contribution in [1.29, 1.82) is 0 Å². The largest absolute Gasteiger partial charge is 0.393 e. The van der Waals surface area contributed by atoms with E-state index in [4.69, 9.17) is 18.0 Å². The molecule has 0 saturated heterocycles. The number of carbonyl (C=O) groups is 1. The van der Waals surface area contributed by atoms with Crippen LogP contribution in [0.5, 0.6) is 0 Å². The number of aliphatic hydroxyl groups is 1. The van der Waals surface area contributed by atoms with Gasteiger partial charge in [0.15, 0.2) is 0 Å². The Bertz CT molecular complexity index is 248. The number of thiocarbonyl (C=S) groups is 1. The molecule has 1 amide bonds. The Morgan fingerprint density at radius 2 is 2.07 bits per heavy atom. The Balaban J connectivity index is 4.49. The van der Waals surface area contributed by atoms with Crippen LogP contribution in [0.15, 0.2) is 0 Å².